The maximum atomic E-state index is 13.1. The van der Waals surface area contributed by atoms with Gasteiger partial charge in [-0.3, -0.25) is 29.8 Å². The van der Waals surface area contributed by atoms with Crippen molar-refractivity contribution in [1.29, 1.82) is 0 Å². The first-order valence-corrected chi connectivity index (χ1v) is 26.0. The Morgan fingerprint density at radius 2 is 1.07 bits per heavy atom. The molecule has 25 heteroatoms. The number of nitrogens with zero attached hydrogens (tertiary/aromatic N) is 6. The summed E-state index contributed by atoms with van der Waals surface area (Å²) in [7, 11) is -7.28. The van der Waals surface area contributed by atoms with Gasteiger partial charge in [0, 0.05) is 95.8 Å². The van der Waals surface area contributed by atoms with Crippen LogP contribution >= 0.6 is 22.7 Å². The number of hydrogen-bond acceptors (Lipinski definition) is 17. The molecule has 2 aliphatic heterocycles. The van der Waals surface area contributed by atoms with Crippen molar-refractivity contribution in [2.45, 2.75) is 59.3 Å². The number of carbonyl (C=O) groups excluding carboxylic acids is 2. The molecule has 2 amide bonds. The minimum Gasteiger partial charge on any atom is -0.397 e. The summed E-state index contributed by atoms with van der Waals surface area (Å²) >= 11 is 2.19. The summed E-state index contributed by atoms with van der Waals surface area (Å²) in [5.74, 6) is -0.419. The van der Waals surface area contributed by atoms with Gasteiger partial charge in [0.25, 0.3) is 43.2 Å². The van der Waals surface area contributed by atoms with Crippen molar-refractivity contribution in [1.82, 2.24) is 29.2 Å². The van der Waals surface area contributed by atoms with Crippen LogP contribution in [0.2, 0.25) is 0 Å². The number of nitrogen functional groups attached to an aromatic ring is 1. The lowest BCUT2D eigenvalue weighted by molar-refractivity contribution is -0.385. The molecule has 0 radical (unpaired) electrons. The van der Waals surface area contributed by atoms with Crippen molar-refractivity contribution in [2.24, 2.45) is 0 Å². The molecule has 3 aromatic carbocycles. The van der Waals surface area contributed by atoms with Gasteiger partial charge in [-0.1, -0.05) is 24.3 Å². The minimum atomic E-state index is -3.64. The number of hydrogen-bond donors (Lipinski definition) is 5. The second-order valence-electron chi connectivity index (χ2n) is 15.7. The highest BCUT2D eigenvalue weighted by Gasteiger charge is 2.32. The Morgan fingerprint density at radius 1 is 0.623 bits per heavy atom. The Hall–Kier alpha value is -6.90. The fourth-order valence-corrected chi connectivity index (χ4v) is 13.2. The van der Waals surface area contributed by atoms with E-state index in [9.17, 15) is 46.7 Å². The van der Waals surface area contributed by atoms with Gasteiger partial charge in [0.05, 0.1) is 34.3 Å². The molecule has 362 valence electrons. The van der Waals surface area contributed by atoms with Crippen LogP contribution in [0.4, 0.5) is 28.7 Å². The van der Waals surface area contributed by atoms with E-state index in [0.717, 1.165) is 28.4 Å². The number of nitro groups is 2. The van der Waals surface area contributed by atoms with Crippen LogP contribution in [-0.2, 0) is 33.1 Å². The van der Waals surface area contributed by atoms with Gasteiger partial charge in [0.15, 0.2) is 0 Å². The number of piperidine rings is 2. The van der Waals surface area contributed by atoms with Gasteiger partial charge in [-0.25, -0.2) is 26.8 Å². The van der Waals surface area contributed by atoms with Crippen LogP contribution in [0.15, 0.2) is 124 Å². The number of nitro benzene ring substituents is 2. The second kappa shape index (κ2) is 22.5. The number of nitrogens with one attached hydrogen (secondary N) is 4. The fraction of sp³-hybridized carbons (Fsp3) is 0.273. The first-order valence-electron chi connectivity index (χ1n) is 21.4. The van der Waals surface area contributed by atoms with Gasteiger partial charge in [-0.2, -0.15) is 8.61 Å². The van der Waals surface area contributed by atoms with E-state index in [1.54, 1.807) is 36.7 Å². The van der Waals surface area contributed by atoms with E-state index >= 15 is 0 Å². The molecule has 5 heterocycles. The molecule has 21 nitrogen and oxygen atoms in total. The van der Waals surface area contributed by atoms with Crippen LogP contribution in [-0.4, -0.2) is 95.3 Å². The lowest BCUT2D eigenvalue weighted by Gasteiger charge is -2.32. The van der Waals surface area contributed by atoms with E-state index in [2.05, 4.69) is 31.2 Å². The summed E-state index contributed by atoms with van der Waals surface area (Å²) in [4.78, 5) is 55.0. The molecule has 8 rings (SSSR count). The van der Waals surface area contributed by atoms with E-state index in [4.69, 9.17) is 5.73 Å². The van der Waals surface area contributed by atoms with Gasteiger partial charge < -0.3 is 27.0 Å². The third kappa shape index (κ3) is 13.0. The molecule has 2 aliphatic rings. The largest absolute Gasteiger partial charge is 0.397 e. The fourth-order valence-electron chi connectivity index (χ4n) is 7.38. The van der Waals surface area contributed by atoms with Crippen molar-refractivity contribution in [2.75, 3.05) is 42.5 Å². The van der Waals surface area contributed by atoms with Gasteiger partial charge in [-0.15, -0.1) is 22.7 Å². The van der Waals surface area contributed by atoms with E-state index in [0.29, 0.717) is 73.3 Å². The van der Waals surface area contributed by atoms with Crippen molar-refractivity contribution < 1.29 is 36.3 Å². The highest BCUT2D eigenvalue weighted by Crippen LogP contribution is 2.30. The van der Waals surface area contributed by atoms with Crippen LogP contribution in [0, 0.1) is 20.2 Å². The molecule has 69 heavy (non-hydrogen) atoms. The molecule has 3 aromatic heterocycles. The van der Waals surface area contributed by atoms with Gasteiger partial charge >= 0.3 is 0 Å². The topological polar surface area (TPSA) is 295 Å². The average molecular weight is 1020 g/mol. The molecule has 0 saturated carbocycles. The Balaban J connectivity index is 0.000000204. The number of amides is 2. The highest BCUT2D eigenvalue weighted by atomic mass is 32.3. The predicted molar refractivity (Wildman–Crippen MR) is 261 cm³/mol. The summed E-state index contributed by atoms with van der Waals surface area (Å²) in [5.41, 5.74) is 7.48. The van der Waals surface area contributed by atoms with E-state index < -0.39 is 41.7 Å². The molecule has 2 fully saturated rings. The molecule has 0 bridgehead atoms. The van der Waals surface area contributed by atoms with Crippen LogP contribution in [0.25, 0.3) is 0 Å². The zero-order chi connectivity index (χ0) is 49.1. The number of sulfonamides is 2. The molecule has 2 saturated heterocycles. The van der Waals surface area contributed by atoms with Crippen molar-refractivity contribution in [3.8, 4) is 0 Å². The van der Waals surface area contributed by atoms with Crippen LogP contribution < -0.4 is 27.0 Å². The zero-order valence-corrected chi connectivity index (χ0v) is 39.9. The zero-order valence-electron chi connectivity index (χ0n) is 36.7. The normalized spacial score (nSPS) is 15.0. The van der Waals surface area contributed by atoms with Crippen LogP contribution in [0.1, 0.15) is 56.2 Å². The van der Waals surface area contributed by atoms with Gasteiger partial charge in [-0.05, 0) is 80.3 Å². The summed E-state index contributed by atoms with van der Waals surface area (Å²) in [5, 5.41) is 33.8. The Kier molecular flexibility index (Phi) is 16.3. The standard InChI is InChI=1S/C23H25N5O5S2.C21H22N6O5S2/c24-20-6-1-2-7-21(20)26-17-10-12-27(13-11-17)35(32,33)22-9-8-19(34-22)15-25-23(29)16-4-3-5-18(14-16)28(30)31;28-20(15-3-1-4-17(13-15)27(29)30)24-14-18-5-6-19(33-18)34(31,32)26-11-7-16(8-12-26)25-21-22-9-2-10-23-21/h1-9,14,17,26H,10-13,15,24H2,(H,25,29);1-6,9-10,13,16H,7-8,11-12,14H2,(H,24,28)(H,22,23,25). The van der Waals surface area contributed by atoms with Gasteiger partial charge in [0.1, 0.15) is 8.42 Å². The maximum absolute atomic E-state index is 13.1. The number of carbonyl (C=O) groups is 2. The van der Waals surface area contributed by atoms with Crippen LogP contribution in [0.5, 0.6) is 0 Å². The number of anilines is 3. The first kappa shape index (κ1) is 50.0. The Morgan fingerprint density at radius 3 is 1.52 bits per heavy atom. The molecule has 0 spiro atoms. The molecule has 6 aromatic rings. The highest BCUT2D eigenvalue weighted by molar-refractivity contribution is 7.91. The number of rotatable bonds is 16. The molecular weight excluding hydrogens is 971 g/mol. The lowest BCUT2D eigenvalue weighted by atomic mass is 10.1. The average Bonchev–Trinajstić information content (AvgIpc) is 4.06. The minimum absolute atomic E-state index is 0.0942. The third-order valence-electron chi connectivity index (χ3n) is 11.1. The maximum Gasteiger partial charge on any atom is 0.270 e. The first-order chi connectivity index (χ1) is 33.1. The number of thiophene rings is 2. The van der Waals surface area contributed by atoms with Gasteiger partial charge in [0.2, 0.25) is 5.95 Å². The van der Waals surface area contributed by atoms with Crippen molar-refractivity contribution in [3.05, 3.63) is 157 Å². The van der Waals surface area contributed by atoms with E-state index in [-0.39, 0.29) is 56.1 Å². The molecule has 0 aliphatic carbocycles. The number of nitrogens with two attached hydrogens (primary N) is 1. The summed E-state index contributed by atoms with van der Waals surface area (Å²) in [6, 6.07) is 26.7. The quantitative estimate of drug-likeness (QED) is 0.0417. The van der Waals surface area contributed by atoms with E-state index in [1.807, 2.05) is 24.3 Å². The molecular formula is C44H47N11O10S4. The second-order valence-corrected chi connectivity index (χ2v) is 22.4. The Bertz CT molecular complexity index is 3010. The number of benzene rings is 3. The summed E-state index contributed by atoms with van der Waals surface area (Å²) in [6.07, 6.45) is 5.88. The summed E-state index contributed by atoms with van der Waals surface area (Å²) in [6.45, 7) is 1.77. The molecule has 0 atom stereocenters. The predicted octanol–water partition coefficient (Wildman–Crippen LogP) is 6.08. The third-order valence-corrected chi connectivity index (χ3v) is 18.0. The number of para-hydroxylation sites is 2. The number of aromatic nitrogens is 2. The number of non-ortho nitro benzene ring substituents is 2. The monoisotopic (exact) mass is 1020 g/mol. The van der Waals surface area contributed by atoms with E-state index in [1.165, 1.54) is 63.2 Å². The molecule has 0 unspecified atom stereocenters. The molecule has 6 N–H and O–H groups in total. The smallest absolute Gasteiger partial charge is 0.270 e. The van der Waals surface area contributed by atoms with Crippen molar-refractivity contribution in [3.63, 3.8) is 0 Å². The SMILES string of the molecule is Nc1ccccc1NC1CCN(S(=O)(=O)c2ccc(CNC(=O)c3cccc([N+](=O)[O-])c3)s2)CC1.O=C(NCc1ccc(S(=O)(=O)N2CCC(Nc3ncccn3)CC2)s1)c1cccc([N+](=O)[O-])c1. The summed E-state index contributed by atoms with van der Waals surface area (Å²) < 4.78 is 55.8. The van der Waals surface area contributed by atoms with Crippen molar-refractivity contribution >= 4 is 83.2 Å². The lowest BCUT2D eigenvalue weighted by Crippen LogP contribution is -2.42. The van der Waals surface area contributed by atoms with Crippen LogP contribution in [0.3, 0.4) is 0 Å². The Labute approximate surface area is 405 Å².